The fraction of sp³-hybridized carbons (Fsp3) is 0.273. The Morgan fingerprint density at radius 2 is 1.82 bits per heavy atom. The molecular formula is C22H22O6. The molecule has 0 radical (unpaired) electrons. The lowest BCUT2D eigenvalue weighted by Crippen LogP contribution is -2.30. The van der Waals surface area contributed by atoms with Crippen LogP contribution >= 0.6 is 0 Å². The molecule has 0 aliphatic rings. The molecule has 1 N–H and O–H groups in total. The van der Waals surface area contributed by atoms with Crippen LogP contribution in [0.2, 0.25) is 0 Å². The summed E-state index contributed by atoms with van der Waals surface area (Å²) in [5.41, 5.74) is 0.859. The molecule has 0 spiro atoms. The third kappa shape index (κ3) is 3.86. The lowest BCUT2D eigenvalue weighted by atomic mass is 9.95. The number of benzene rings is 2. The summed E-state index contributed by atoms with van der Waals surface area (Å²) in [5.74, 6) is 0.206. The number of para-hydroxylation sites is 1. The molecule has 3 aromatic rings. The van der Waals surface area contributed by atoms with Crippen LogP contribution in [0.5, 0.6) is 17.2 Å². The predicted molar refractivity (Wildman–Crippen MR) is 105 cm³/mol. The molecule has 3 rings (SSSR count). The van der Waals surface area contributed by atoms with Gasteiger partial charge in [0.1, 0.15) is 30.0 Å². The van der Waals surface area contributed by atoms with E-state index in [1.54, 1.807) is 32.0 Å². The van der Waals surface area contributed by atoms with Crippen molar-refractivity contribution in [1.29, 1.82) is 0 Å². The van der Waals surface area contributed by atoms with Gasteiger partial charge in [-0.15, -0.1) is 0 Å². The molecule has 0 aliphatic heterocycles. The fourth-order valence-corrected chi connectivity index (χ4v) is 2.65. The molecule has 1 aromatic heterocycles. The highest BCUT2D eigenvalue weighted by Gasteiger charge is 2.28. The van der Waals surface area contributed by atoms with E-state index in [0.29, 0.717) is 22.5 Å². The molecule has 6 heteroatoms. The Morgan fingerprint density at radius 3 is 2.46 bits per heavy atom. The second-order valence-corrected chi connectivity index (χ2v) is 7.39. The van der Waals surface area contributed by atoms with E-state index in [1.165, 1.54) is 6.26 Å². The zero-order valence-corrected chi connectivity index (χ0v) is 16.2. The van der Waals surface area contributed by atoms with E-state index in [9.17, 15) is 9.59 Å². The van der Waals surface area contributed by atoms with Gasteiger partial charge < -0.3 is 19.0 Å². The van der Waals surface area contributed by atoms with Gasteiger partial charge >= 0.3 is 5.97 Å². The number of ether oxygens (including phenoxy) is 2. The molecule has 0 bridgehead atoms. The van der Waals surface area contributed by atoms with E-state index in [1.807, 2.05) is 32.0 Å². The molecule has 0 unspecified atom stereocenters. The molecule has 0 amide bonds. The first-order valence-corrected chi connectivity index (χ1v) is 8.85. The Labute approximate surface area is 162 Å². The van der Waals surface area contributed by atoms with Crippen molar-refractivity contribution >= 4 is 16.9 Å². The van der Waals surface area contributed by atoms with Crippen LogP contribution < -0.4 is 14.9 Å². The standard InChI is InChI=1S/C22H22O6/c1-13-6-5-7-14(2)20(13)28-18-11-26-17-10-15(8-9-16(17)19(18)23)27-12-22(3,4)21(24)25/h5-11H,12H2,1-4H3,(H,24,25). The first-order valence-electron chi connectivity index (χ1n) is 8.85. The van der Waals surface area contributed by atoms with Gasteiger partial charge in [-0.2, -0.15) is 0 Å². The van der Waals surface area contributed by atoms with Crippen LogP contribution in [0.1, 0.15) is 25.0 Å². The summed E-state index contributed by atoms with van der Waals surface area (Å²) in [5, 5.41) is 9.52. The average molecular weight is 382 g/mol. The summed E-state index contributed by atoms with van der Waals surface area (Å²) in [6.45, 7) is 6.97. The zero-order valence-electron chi connectivity index (χ0n) is 16.2. The molecule has 0 fully saturated rings. The number of aliphatic carboxylic acids is 1. The number of rotatable bonds is 6. The van der Waals surface area contributed by atoms with E-state index in [4.69, 9.17) is 19.0 Å². The van der Waals surface area contributed by atoms with Crippen molar-refractivity contribution < 1.29 is 23.8 Å². The minimum Gasteiger partial charge on any atom is -0.492 e. The monoisotopic (exact) mass is 382 g/mol. The van der Waals surface area contributed by atoms with Crippen LogP contribution in [-0.4, -0.2) is 17.7 Å². The number of carboxylic acid groups (broad SMARTS) is 1. The van der Waals surface area contributed by atoms with Gasteiger partial charge in [0.15, 0.2) is 0 Å². The lowest BCUT2D eigenvalue weighted by molar-refractivity contribution is -0.148. The van der Waals surface area contributed by atoms with Crippen LogP contribution in [0.3, 0.4) is 0 Å². The van der Waals surface area contributed by atoms with E-state index < -0.39 is 11.4 Å². The van der Waals surface area contributed by atoms with Crippen LogP contribution in [0.15, 0.2) is 51.9 Å². The topological polar surface area (TPSA) is 86.0 Å². The van der Waals surface area contributed by atoms with Crippen molar-refractivity contribution in [2.24, 2.45) is 5.41 Å². The smallest absolute Gasteiger partial charge is 0.312 e. The van der Waals surface area contributed by atoms with Gasteiger partial charge in [0.2, 0.25) is 11.2 Å². The molecule has 0 saturated heterocycles. The molecular weight excluding hydrogens is 360 g/mol. The Hall–Kier alpha value is -3.28. The maximum absolute atomic E-state index is 12.8. The second-order valence-electron chi connectivity index (χ2n) is 7.39. The summed E-state index contributed by atoms with van der Waals surface area (Å²) in [6.07, 6.45) is 1.28. The number of fused-ring (bicyclic) bond motifs is 1. The van der Waals surface area contributed by atoms with Crippen molar-refractivity contribution in [3.63, 3.8) is 0 Å². The van der Waals surface area contributed by atoms with Crippen molar-refractivity contribution in [3.05, 3.63) is 64.0 Å². The largest absolute Gasteiger partial charge is 0.492 e. The van der Waals surface area contributed by atoms with Gasteiger partial charge in [0.05, 0.1) is 10.8 Å². The van der Waals surface area contributed by atoms with E-state index in [0.717, 1.165) is 11.1 Å². The molecule has 0 saturated carbocycles. The number of hydrogen-bond donors (Lipinski definition) is 1. The summed E-state index contributed by atoms with van der Waals surface area (Å²) in [6, 6.07) is 10.5. The zero-order chi connectivity index (χ0) is 20.5. The first kappa shape index (κ1) is 19.5. The SMILES string of the molecule is Cc1cccc(C)c1Oc1coc2cc(OCC(C)(C)C(=O)O)ccc2c1=O. The summed E-state index contributed by atoms with van der Waals surface area (Å²) in [4.78, 5) is 24.0. The van der Waals surface area contributed by atoms with Crippen LogP contribution in [-0.2, 0) is 4.79 Å². The summed E-state index contributed by atoms with van der Waals surface area (Å²) < 4.78 is 17.0. The molecule has 6 nitrogen and oxygen atoms in total. The normalized spacial score (nSPS) is 11.4. The second kappa shape index (κ2) is 7.38. The van der Waals surface area contributed by atoms with Gasteiger partial charge in [-0.05, 0) is 51.0 Å². The minimum absolute atomic E-state index is 0.00811. The Kier molecular flexibility index (Phi) is 5.14. The van der Waals surface area contributed by atoms with Crippen molar-refractivity contribution in [2.75, 3.05) is 6.61 Å². The average Bonchev–Trinajstić information content (AvgIpc) is 2.64. The van der Waals surface area contributed by atoms with Crippen molar-refractivity contribution in [3.8, 4) is 17.2 Å². The molecule has 28 heavy (non-hydrogen) atoms. The molecule has 1 heterocycles. The lowest BCUT2D eigenvalue weighted by Gasteiger charge is -2.19. The van der Waals surface area contributed by atoms with E-state index >= 15 is 0 Å². The van der Waals surface area contributed by atoms with E-state index in [2.05, 4.69) is 0 Å². The maximum atomic E-state index is 12.8. The number of hydrogen-bond acceptors (Lipinski definition) is 5. The Balaban J connectivity index is 1.89. The van der Waals surface area contributed by atoms with Gasteiger partial charge in [0.25, 0.3) is 0 Å². The van der Waals surface area contributed by atoms with Crippen LogP contribution in [0, 0.1) is 19.3 Å². The fourth-order valence-electron chi connectivity index (χ4n) is 2.65. The molecule has 0 aliphatic carbocycles. The minimum atomic E-state index is -1.03. The van der Waals surface area contributed by atoms with Crippen LogP contribution in [0.25, 0.3) is 11.0 Å². The number of carboxylic acids is 1. The molecule has 146 valence electrons. The molecule has 0 atom stereocenters. The van der Waals surface area contributed by atoms with Gasteiger partial charge in [-0.3, -0.25) is 9.59 Å². The Bertz CT molecular complexity index is 1070. The highest BCUT2D eigenvalue weighted by molar-refractivity contribution is 5.79. The van der Waals surface area contributed by atoms with Crippen LogP contribution in [0.4, 0.5) is 0 Å². The van der Waals surface area contributed by atoms with Crippen molar-refractivity contribution in [1.82, 2.24) is 0 Å². The highest BCUT2D eigenvalue weighted by atomic mass is 16.5. The van der Waals surface area contributed by atoms with Crippen molar-refractivity contribution in [2.45, 2.75) is 27.7 Å². The predicted octanol–water partition coefficient (Wildman–Crippen LogP) is 4.69. The Morgan fingerprint density at radius 1 is 1.14 bits per heavy atom. The van der Waals surface area contributed by atoms with Gasteiger partial charge in [-0.25, -0.2) is 0 Å². The third-order valence-corrected chi connectivity index (χ3v) is 4.51. The first-order chi connectivity index (χ1) is 13.2. The quantitative estimate of drug-likeness (QED) is 0.665. The van der Waals surface area contributed by atoms with E-state index in [-0.39, 0.29) is 17.8 Å². The van der Waals surface area contributed by atoms with Gasteiger partial charge in [0, 0.05) is 6.07 Å². The maximum Gasteiger partial charge on any atom is 0.312 e. The summed E-state index contributed by atoms with van der Waals surface area (Å²) >= 11 is 0. The van der Waals surface area contributed by atoms with Gasteiger partial charge in [-0.1, -0.05) is 18.2 Å². The molecule has 2 aromatic carbocycles. The highest BCUT2D eigenvalue weighted by Crippen LogP contribution is 2.29. The number of carbonyl (C=O) groups is 1. The third-order valence-electron chi connectivity index (χ3n) is 4.51. The number of aryl methyl sites for hydroxylation is 2. The summed E-state index contributed by atoms with van der Waals surface area (Å²) in [7, 11) is 0.